The van der Waals surface area contributed by atoms with E-state index in [1.807, 2.05) is 22.8 Å². The molecule has 0 aliphatic rings. The van der Waals surface area contributed by atoms with Crippen LogP contribution in [0.3, 0.4) is 0 Å². The molecule has 1 N–H and O–H groups in total. The Hall–Kier alpha value is -2.31. The lowest BCUT2D eigenvalue weighted by atomic mass is 10.1. The Bertz CT molecular complexity index is 950. The molecule has 0 unspecified atom stereocenters. The minimum atomic E-state index is -0.337. The van der Waals surface area contributed by atoms with Crippen LogP contribution >= 0.6 is 11.8 Å². The van der Waals surface area contributed by atoms with E-state index in [2.05, 4.69) is 26.0 Å². The first-order valence-corrected chi connectivity index (χ1v) is 9.41. The van der Waals surface area contributed by atoms with Gasteiger partial charge in [-0.3, -0.25) is 0 Å². The molecule has 0 saturated heterocycles. The van der Waals surface area contributed by atoms with Crippen molar-refractivity contribution in [2.24, 2.45) is 0 Å². The number of imidazole rings is 1. The van der Waals surface area contributed by atoms with Crippen molar-refractivity contribution in [1.82, 2.24) is 9.55 Å². The van der Waals surface area contributed by atoms with Gasteiger partial charge in [-0.25, -0.2) is 9.78 Å². The summed E-state index contributed by atoms with van der Waals surface area (Å²) in [6.07, 6.45) is 0. The summed E-state index contributed by atoms with van der Waals surface area (Å²) in [5, 5.41) is 10.3. The molecule has 6 heteroatoms. The third-order valence-electron chi connectivity index (χ3n) is 4.43. The van der Waals surface area contributed by atoms with Crippen LogP contribution in [0.15, 0.2) is 41.6 Å². The summed E-state index contributed by atoms with van der Waals surface area (Å²) in [6, 6.07) is 11.6. The van der Waals surface area contributed by atoms with E-state index in [1.165, 1.54) is 18.2 Å². The normalized spacial score (nSPS) is 11.1. The van der Waals surface area contributed by atoms with E-state index in [1.54, 1.807) is 17.8 Å². The Morgan fingerprint density at radius 1 is 1.23 bits per heavy atom. The molecule has 136 valence electrons. The largest absolute Gasteiger partial charge is 0.465 e. The predicted octanol–water partition coefficient (Wildman–Crippen LogP) is 3.72. The Balaban J connectivity index is 1.94. The smallest absolute Gasteiger partial charge is 0.338 e. The number of thioether (sulfide) groups is 1. The SMILES string of the molecule is COC(=O)c1ccccc1CSc1nc2cc(C)c(C)cc2n1CCO. The number of ether oxygens (including phenoxy) is 1. The monoisotopic (exact) mass is 370 g/mol. The zero-order chi connectivity index (χ0) is 18.7. The van der Waals surface area contributed by atoms with Crippen LogP contribution < -0.4 is 0 Å². The van der Waals surface area contributed by atoms with Crippen molar-refractivity contribution in [3.8, 4) is 0 Å². The highest BCUT2D eigenvalue weighted by atomic mass is 32.2. The lowest BCUT2D eigenvalue weighted by Gasteiger charge is -2.09. The molecule has 3 aromatic rings. The van der Waals surface area contributed by atoms with Gasteiger partial charge in [0, 0.05) is 12.3 Å². The van der Waals surface area contributed by atoms with E-state index < -0.39 is 0 Å². The average molecular weight is 370 g/mol. The number of aromatic nitrogens is 2. The molecule has 1 heterocycles. The van der Waals surface area contributed by atoms with E-state index in [0.717, 1.165) is 21.8 Å². The van der Waals surface area contributed by atoms with Gasteiger partial charge >= 0.3 is 5.97 Å². The van der Waals surface area contributed by atoms with E-state index >= 15 is 0 Å². The molecule has 0 bridgehead atoms. The first-order chi connectivity index (χ1) is 12.5. The standard InChI is InChI=1S/C20H22N2O3S/c1-13-10-17-18(11-14(13)2)22(8-9-23)20(21-17)26-12-15-6-4-5-7-16(15)19(24)25-3/h4-7,10-11,23H,8-9,12H2,1-3H3. The Kier molecular flexibility index (Phi) is 5.64. The minimum absolute atomic E-state index is 0.0463. The molecule has 0 aliphatic carbocycles. The summed E-state index contributed by atoms with van der Waals surface area (Å²) in [4.78, 5) is 16.7. The van der Waals surface area contributed by atoms with Crippen LogP contribution in [0.25, 0.3) is 11.0 Å². The van der Waals surface area contributed by atoms with E-state index in [-0.39, 0.29) is 12.6 Å². The predicted molar refractivity (Wildman–Crippen MR) is 104 cm³/mol. The number of esters is 1. The van der Waals surface area contributed by atoms with Gasteiger partial charge in [0.05, 0.1) is 30.3 Å². The van der Waals surface area contributed by atoms with Crippen LogP contribution in [-0.4, -0.2) is 34.3 Å². The first kappa shape index (κ1) is 18.5. The zero-order valence-electron chi connectivity index (χ0n) is 15.2. The van der Waals surface area contributed by atoms with E-state index in [4.69, 9.17) is 9.72 Å². The van der Waals surface area contributed by atoms with Gasteiger partial charge in [-0.1, -0.05) is 30.0 Å². The maximum Gasteiger partial charge on any atom is 0.338 e. The molecular weight excluding hydrogens is 348 g/mol. The fourth-order valence-electron chi connectivity index (χ4n) is 2.88. The van der Waals surface area contributed by atoms with Gasteiger partial charge in [0.2, 0.25) is 0 Å². The number of nitrogens with zero attached hydrogens (tertiary/aromatic N) is 2. The van der Waals surface area contributed by atoms with Crippen LogP contribution in [0.2, 0.25) is 0 Å². The quantitative estimate of drug-likeness (QED) is 0.529. The van der Waals surface area contributed by atoms with Crippen LogP contribution in [-0.2, 0) is 17.0 Å². The van der Waals surface area contributed by atoms with Crippen LogP contribution in [0.4, 0.5) is 0 Å². The van der Waals surface area contributed by atoms with Crippen molar-refractivity contribution in [3.63, 3.8) is 0 Å². The summed E-state index contributed by atoms with van der Waals surface area (Å²) in [5.41, 5.74) is 5.80. The Labute approximate surface area is 157 Å². The highest BCUT2D eigenvalue weighted by Crippen LogP contribution is 2.29. The molecule has 26 heavy (non-hydrogen) atoms. The molecule has 0 aliphatic heterocycles. The molecule has 1 aromatic heterocycles. The van der Waals surface area contributed by atoms with Crippen molar-refractivity contribution in [1.29, 1.82) is 0 Å². The molecule has 0 atom stereocenters. The Morgan fingerprint density at radius 2 is 1.96 bits per heavy atom. The van der Waals surface area contributed by atoms with Gasteiger partial charge in [-0.15, -0.1) is 0 Å². The lowest BCUT2D eigenvalue weighted by Crippen LogP contribution is -2.06. The molecule has 0 saturated carbocycles. The van der Waals surface area contributed by atoms with E-state index in [9.17, 15) is 9.90 Å². The highest BCUT2D eigenvalue weighted by molar-refractivity contribution is 7.98. The average Bonchev–Trinajstić information content (AvgIpc) is 2.97. The summed E-state index contributed by atoms with van der Waals surface area (Å²) < 4.78 is 6.90. The van der Waals surface area contributed by atoms with Crippen LogP contribution in [0, 0.1) is 13.8 Å². The molecule has 0 amide bonds. The summed E-state index contributed by atoms with van der Waals surface area (Å²) in [7, 11) is 1.39. The van der Waals surface area contributed by atoms with Crippen molar-refractivity contribution >= 4 is 28.8 Å². The van der Waals surface area contributed by atoms with Crippen molar-refractivity contribution < 1.29 is 14.6 Å². The summed E-state index contributed by atoms with van der Waals surface area (Å²) >= 11 is 1.55. The van der Waals surface area contributed by atoms with Gasteiger partial charge in [0.15, 0.2) is 5.16 Å². The van der Waals surface area contributed by atoms with Crippen LogP contribution in [0.5, 0.6) is 0 Å². The molecule has 2 aromatic carbocycles. The van der Waals surface area contributed by atoms with Gasteiger partial charge in [0.25, 0.3) is 0 Å². The second kappa shape index (κ2) is 7.93. The van der Waals surface area contributed by atoms with Crippen molar-refractivity contribution in [2.75, 3.05) is 13.7 Å². The third-order valence-corrected chi connectivity index (χ3v) is 5.46. The minimum Gasteiger partial charge on any atom is -0.465 e. The summed E-state index contributed by atoms with van der Waals surface area (Å²) in [6.45, 7) is 4.68. The fourth-order valence-corrected chi connectivity index (χ4v) is 3.93. The number of aliphatic hydroxyl groups is 1. The molecule has 0 spiro atoms. The van der Waals surface area contributed by atoms with Crippen LogP contribution in [0.1, 0.15) is 27.0 Å². The second-order valence-electron chi connectivity index (χ2n) is 6.13. The number of rotatable bonds is 6. The molecule has 0 fully saturated rings. The topological polar surface area (TPSA) is 64.3 Å². The summed E-state index contributed by atoms with van der Waals surface area (Å²) in [5.74, 6) is 0.258. The number of hydrogen-bond donors (Lipinski definition) is 1. The number of fused-ring (bicyclic) bond motifs is 1. The highest BCUT2D eigenvalue weighted by Gasteiger charge is 2.15. The maximum absolute atomic E-state index is 11.9. The van der Waals surface area contributed by atoms with E-state index in [0.29, 0.717) is 17.9 Å². The van der Waals surface area contributed by atoms with Gasteiger partial charge in [-0.05, 0) is 48.7 Å². The van der Waals surface area contributed by atoms with Gasteiger partial charge in [-0.2, -0.15) is 0 Å². The molecule has 3 rings (SSSR count). The number of hydrogen-bond acceptors (Lipinski definition) is 5. The Morgan fingerprint density at radius 3 is 2.69 bits per heavy atom. The lowest BCUT2D eigenvalue weighted by molar-refractivity contribution is 0.0600. The van der Waals surface area contributed by atoms with Crippen molar-refractivity contribution in [3.05, 3.63) is 58.7 Å². The number of carbonyl (C=O) groups excluding carboxylic acids is 1. The first-order valence-electron chi connectivity index (χ1n) is 8.42. The number of aliphatic hydroxyl groups excluding tert-OH is 1. The number of benzene rings is 2. The maximum atomic E-state index is 11.9. The van der Waals surface area contributed by atoms with Gasteiger partial charge in [0.1, 0.15) is 0 Å². The number of methoxy groups -OCH3 is 1. The van der Waals surface area contributed by atoms with Crippen molar-refractivity contribution in [2.45, 2.75) is 31.3 Å². The molecule has 5 nitrogen and oxygen atoms in total. The third kappa shape index (κ3) is 3.61. The van der Waals surface area contributed by atoms with Gasteiger partial charge < -0.3 is 14.4 Å². The number of carbonyl (C=O) groups is 1. The fraction of sp³-hybridized carbons (Fsp3) is 0.300. The molecular formula is C20H22N2O3S. The molecule has 0 radical (unpaired) electrons. The second-order valence-corrected chi connectivity index (χ2v) is 7.07. The zero-order valence-corrected chi connectivity index (χ0v) is 16.0. The number of aryl methyl sites for hydroxylation is 2.